The molecule has 1 aromatic rings. The van der Waals surface area contributed by atoms with Crippen molar-refractivity contribution in [3.63, 3.8) is 0 Å². The Labute approximate surface area is 94.2 Å². The number of amides is 1. The minimum atomic E-state index is -0.420. The third-order valence-corrected chi connectivity index (χ3v) is 2.43. The summed E-state index contributed by atoms with van der Waals surface area (Å²) >= 11 is 0. The fourth-order valence-electron chi connectivity index (χ4n) is 1.12. The number of carbonyl (C=O) groups excluding carboxylic acids is 1. The van der Waals surface area contributed by atoms with Crippen LogP contribution in [0.3, 0.4) is 0 Å². The highest BCUT2D eigenvalue weighted by atomic mass is 19.1. The Balaban J connectivity index is 2.77. The molecule has 0 saturated heterocycles. The van der Waals surface area contributed by atoms with E-state index in [1.807, 2.05) is 0 Å². The Morgan fingerprint density at radius 1 is 1.50 bits per heavy atom. The van der Waals surface area contributed by atoms with Gasteiger partial charge < -0.3 is 11.1 Å². The number of rotatable bonds is 3. The molecule has 3 N–H and O–H groups in total. The predicted octanol–water partition coefficient (Wildman–Crippen LogP) is 1.30. The van der Waals surface area contributed by atoms with Crippen LogP contribution in [0.25, 0.3) is 0 Å². The number of nitrogen functional groups attached to an aromatic ring is 1. The van der Waals surface area contributed by atoms with Crippen LogP contribution in [0.1, 0.15) is 6.92 Å². The number of hydrogen-bond acceptors (Lipinski definition) is 3. The molecule has 1 amide bonds. The summed E-state index contributed by atoms with van der Waals surface area (Å²) in [5, 5.41) is 2.65. The number of carbonyl (C=O) groups is 1. The first-order valence-corrected chi connectivity index (χ1v) is 4.94. The van der Waals surface area contributed by atoms with Gasteiger partial charge in [0, 0.05) is 0 Å². The topological polar surface area (TPSA) is 58.4 Å². The highest BCUT2D eigenvalue weighted by molar-refractivity contribution is 5.96. The van der Waals surface area contributed by atoms with E-state index < -0.39 is 5.82 Å². The van der Waals surface area contributed by atoms with Gasteiger partial charge in [0.05, 0.1) is 17.4 Å². The summed E-state index contributed by atoms with van der Waals surface area (Å²) in [5.74, 6) is -0.598. The fraction of sp³-hybridized carbons (Fsp3) is 0.364. The van der Waals surface area contributed by atoms with Gasteiger partial charge in [-0.3, -0.25) is 9.69 Å². The number of halogens is 1. The van der Waals surface area contributed by atoms with Gasteiger partial charge in [-0.1, -0.05) is 0 Å². The smallest absolute Gasteiger partial charge is 0.241 e. The van der Waals surface area contributed by atoms with Crippen molar-refractivity contribution in [1.82, 2.24) is 4.90 Å². The molecule has 0 radical (unpaired) electrons. The fourth-order valence-corrected chi connectivity index (χ4v) is 1.12. The van der Waals surface area contributed by atoms with Crippen molar-refractivity contribution >= 4 is 17.3 Å². The van der Waals surface area contributed by atoms with Gasteiger partial charge in [0.2, 0.25) is 5.91 Å². The summed E-state index contributed by atoms with van der Waals surface area (Å²) in [6, 6.07) is 3.61. The third kappa shape index (κ3) is 2.93. The molecule has 0 fully saturated rings. The van der Waals surface area contributed by atoms with Crippen molar-refractivity contribution in [3.8, 4) is 0 Å². The molecule has 1 unspecified atom stereocenters. The van der Waals surface area contributed by atoms with Gasteiger partial charge in [-0.15, -0.1) is 0 Å². The number of benzene rings is 1. The van der Waals surface area contributed by atoms with Crippen molar-refractivity contribution in [3.05, 3.63) is 24.0 Å². The second-order valence-electron chi connectivity index (χ2n) is 3.86. The number of likely N-dealkylation sites (N-methyl/N-ethyl adjacent to an activating group) is 1. The van der Waals surface area contributed by atoms with Crippen molar-refractivity contribution < 1.29 is 9.18 Å². The van der Waals surface area contributed by atoms with Gasteiger partial charge in [-0.25, -0.2) is 4.39 Å². The van der Waals surface area contributed by atoms with Crippen LogP contribution < -0.4 is 11.1 Å². The van der Waals surface area contributed by atoms with E-state index in [0.29, 0.717) is 5.69 Å². The van der Waals surface area contributed by atoms with Crippen LogP contribution in [0.5, 0.6) is 0 Å². The molecule has 0 aliphatic rings. The Morgan fingerprint density at radius 3 is 2.62 bits per heavy atom. The Bertz CT molecular complexity index is 393. The van der Waals surface area contributed by atoms with E-state index in [1.54, 1.807) is 25.9 Å². The van der Waals surface area contributed by atoms with E-state index in [1.165, 1.54) is 18.2 Å². The van der Waals surface area contributed by atoms with Gasteiger partial charge >= 0.3 is 0 Å². The van der Waals surface area contributed by atoms with E-state index in [9.17, 15) is 9.18 Å². The van der Waals surface area contributed by atoms with Crippen molar-refractivity contribution in [2.75, 3.05) is 25.1 Å². The number of hydrogen-bond donors (Lipinski definition) is 2. The largest absolute Gasteiger partial charge is 0.397 e. The maximum Gasteiger partial charge on any atom is 0.241 e. The zero-order valence-electron chi connectivity index (χ0n) is 9.62. The molecule has 1 rings (SSSR count). The summed E-state index contributed by atoms with van der Waals surface area (Å²) in [6.07, 6.45) is 0. The average molecular weight is 225 g/mol. The van der Waals surface area contributed by atoms with Gasteiger partial charge in [0.15, 0.2) is 0 Å². The Morgan fingerprint density at radius 2 is 2.12 bits per heavy atom. The molecule has 1 atom stereocenters. The van der Waals surface area contributed by atoms with E-state index in [4.69, 9.17) is 5.73 Å². The second kappa shape index (κ2) is 4.94. The Kier molecular flexibility index (Phi) is 3.84. The lowest BCUT2D eigenvalue weighted by Crippen LogP contribution is -2.37. The van der Waals surface area contributed by atoms with Crippen LogP contribution in [0.4, 0.5) is 15.8 Å². The van der Waals surface area contributed by atoms with Crippen LogP contribution in [-0.2, 0) is 4.79 Å². The summed E-state index contributed by atoms with van der Waals surface area (Å²) in [7, 11) is 3.61. The second-order valence-corrected chi connectivity index (χ2v) is 3.86. The van der Waals surface area contributed by atoms with Gasteiger partial charge in [0.25, 0.3) is 0 Å². The van der Waals surface area contributed by atoms with Crippen LogP contribution in [0, 0.1) is 5.82 Å². The van der Waals surface area contributed by atoms with Crippen molar-refractivity contribution in [1.29, 1.82) is 0 Å². The predicted molar refractivity (Wildman–Crippen MR) is 62.6 cm³/mol. The van der Waals surface area contributed by atoms with Crippen molar-refractivity contribution in [2.24, 2.45) is 0 Å². The minimum Gasteiger partial charge on any atom is -0.397 e. The van der Waals surface area contributed by atoms with Crippen LogP contribution >= 0.6 is 0 Å². The quantitative estimate of drug-likeness (QED) is 0.762. The molecule has 1 aromatic carbocycles. The molecule has 0 aromatic heterocycles. The number of nitrogens with one attached hydrogen (secondary N) is 1. The monoisotopic (exact) mass is 225 g/mol. The zero-order valence-corrected chi connectivity index (χ0v) is 9.62. The zero-order chi connectivity index (χ0) is 12.3. The summed E-state index contributed by atoms with van der Waals surface area (Å²) in [6.45, 7) is 1.77. The summed E-state index contributed by atoms with van der Waals surface area (Å²) < 4.78 is 12.8. The molecular weight excluding hydrogens is 209 g/mol. The first kappa shape index (κ1) is 12.4. The lowest BCUT2D eigenvalue weighted by Gasteiger charge is -2.19. The molecule has 0 spiro atoms. The van der Waals surface area contributed by atoms with E-state index >= 15 is 0 Å². The van der Waals surface area contributed by atoms with E-state index in [-0.39, 0.29) is 17.6 Å². The molecule has 0 aliphatic heterocycles. The molecule has 0 heterocycles. The van der Waals surface area contributed by atoms with Crippen LogP contribution in [0.2, 0.25) is 0 Å². The highest BCUT2D eigenvalue weighted by Crippen LogP contribution is 2.19. The standard InChI is InChI=1S/C11H16FN3O/c1-7(15(2)3)11(16)14-10-5-4-8(12)6-9(10)13/h4-7H,13H2,1-3H3,(H,14,16). The lowest BCUT2D eigenvalue weighted by atomic mass is 10.2. The Hall–Kier alpha value is -1.62. The molecule has 4 nitrogen and oxygen atoms in total. The maximum absolute atomic E-state index is 12.8. The van der Waals surface area contributed by atoms with Crippen LogP contribution in [0.15, 0.2) is 18.2 Å². The SMILES string of the molecule is CC(C(=O)Nc1ccc(F)cc1N)N(C)C. The number of nitrogens with two attached hydrogens (primary N) is 1. The third-order valence-electron chi connectivity index (χ3n) is 2.43. The molecule has 0 aliphatic carbocycles. The maximum atomic E-state index is 12.8. The van der Waals surface area contributed by atoms with E-state index in [2.05, 4.69) is 5.32 Å². The average Bonchev–Trinajstić information content (AvgIpc) is 2.20. The number of anilines is 2. The lowest BCUT2D eigenvalue weighted by molar-refractivity contribution is -0.119. The highest BCUT2D eigenvalue weighted by Gasteiger charge is 2.15. The minimum absolute atomic E-state index is 0.177. The molecule has 0 bridgehead atoms. The first-order valence-electron chi connectivity index (χ1n) is 4.94. The molecule has 0 saturated carbocycles. The van der Waals surface area contributed by atoms with E-state index in [0.717, 1.165) is 0 Å². The molecule has 16 heavy (non-hydrogen) atoms. The summed E-state index contributed by atoms with van der Waals surface area (Å²) in [5.41, 5.74) is 6.23. The van der Waals surface area contributed by atoms with Gasteiger partial charge in [-0.05, 0) is 39.2 Å². The first-order chi connectivity index (χ1) is 7.41. The summed E-state index contributed by atoms with van der Waals surface area (Å²) in [4.78, 5) is 13.5. The number of nitrogens with zero attached hydrogens (tertiary/aromatic N) is 1. The van der Waals surface area contributed by atoms with Gasteiger partial charge in [0.1, 0.15) is 5.82 Å². The molecular formula is C11H16FN3O. The molecule has 5 heteroatoms. The van der Waals surface area contributed by atoms with Crippen molar-refractivity contribution in [2.45, 2.75) is 13.0 Å². The molecule has 88 valence electrons. The normalized spacial score (nSPS) is 12.6. The van der Waals surface area contributed by atoms with Gasteiger partial charge in [-0.2, -0.15) is 0 Å². The van der Waals surface area contributed by atoms with Crippen LogP contribution in [-0.4, -0.2) is 30.9 Å².